The fraction of sp³-hybridized carbons (Fsp3) is 0.455. The van der Waals surface area contributed by atoms with Crippen LogP contribution >= 0.6 is 0 Å². The number of aliphatic imine (C=N–C) groups is 1. The molecule has 7 nitrogen and oxygen atoms in total. The molecule has 156 valence electrons. The average Bonchev–Trinajstić information content (AvgIpc) is 3.12. The van der Waals surface area contributed by atoms with Crippen LogP contribution in [0.4, 0.5) is 0 Å². The van der Waals surface area contributed by atoms with E-state index in [1.165, 1.54) is 7.11 Å². The van der Waals surface area contributed by atoms with Crippen LogP contribution in [0.25, 0.3) is 0 Å². The zero-order valence-corrected chi connectivity index (χ0v) is 17.3. The zero-order valence-electron chi connectivity index (χ0n) is 17.3. The van der Waals surface area contributed by atoms with Crippen LogP contribution in [-0.2, 0) is 11.3 Å². The number of carbonyl (C=O) groups excluding carboxylic acids is 1. The number of furan rings is 1. The summed E-state index contributed by atoms with van der Waals surface area (Å²) in [5, 5.41) is 3.34. The highest BCUT2D eigenvalue weighted by Crippen LogP contribution is 2.20. The molecule has 2 heterocycles. The highest BCUT2D eigenvalue weighted by Gasteiger charge is 2.23. The molecule has 1 N–H and O–H groups in total. The Bertz CT molecular complexity index is 824. The van der Waals surface area contributed by atoms with Crippen LogP contribution in [0.5, 0.6) is 5.75 Å². The van der Waals surface area contributed by atoms with Crippen molar-refractivity contribution in [3.8, 4) is 5.75 Å². The monoisotopic (exact) mass is 399 g/mol. The number of likely N-dealkylation sites (tertiary alicyclic amines) is 1. The number of rotatable bonds is 6. The van der Waals surface area contributed by atoms with Crippen molar-refractivity contribution in [2.45, 2.75) is 39.3 Å². The van der Waals surface area contributed by atoms with Gasteiger partial charge in [-0.3, -0.25) is 0 Å². The van der Waals surface area contributed by atoms with Crippen molar-refractivity contribution in [3.05, 3.63) is 53.5 Å². The smallest absolute Gasteiger partial charge is 0.341 e. The molecule has 2 aromatic rings. The quantitative estimate of drug-likeness (QED) is 0.456. The maximum atomic E-state index is 11.7. The topological polar surface area (TPSA) is 76.3 Å². The van der Waals surface area contributed by atoms with E-state index in [2.05, 4.69) is 10.2 Å². The summed E-state index contributed by atoms with van der Waals surface area (Å²) in [6, 6.07) is 11.7. The molecule has 1 fully saturated rings. The summed E-state index contributed by atoms with van der Waals surface area (Å²) in [5.74, 6) is 2.56. The Labute approximate surface area is 171 Å². The molecule has 3 rings (SSSR count). The van der Waals surface area contributed by atoms with Gasteiger partial charge in [-0.2, -0.15) is 0 Å². The number of guanidine groups is 1. The van der Waals surface area contributed by atoms with E-state index < -0.39 is 5.97 Å². The van der Waals surface area contributed by atoms with E-state index in [1.807, 2.05) is 37.3 Å². The molecule has 1 aromatic carbocycles. The lowest BCUT2D eigenvalue weighted by Crippen LogP contribution is -2.47. The number of ether oxygens (including phenoxy) is 2. The molecule has 0 atom stereocenters. The van der Waals surface area contributed by atoms with Crippen molar-refractivity contribution < 1.29 is 18.7 Å². The second-order valence-electron chi connectivity index (χ2n) is 6.96. The normalized spacial score (nSPS) is 15.3. The van der Waals surface area contributed by atoms with Crippen molar-refractivity contribution in [3.63, 3.8) is 0 Å². The van der Waals surface area contributed by atoms with Gasteiger partial charge in [0.15, 0.2) is 5.96 Å². The van der Waals surface area contributed by atoms with Gasteiger partial charge in [-0.05, 0) is 32.0 Å². The average molecular weight is 399 g/mol. The maximum absolute atomic E-state index is 11.7. The van der Waals surface area contributed by atoms with Gasteiger partial charge in [0, 0.05) is 32.5 Å². The third-order valence-corrected chi connectivity index (χ3v) is 4.88. The summed E-state index contributed by atoms with van der Waals surface area (Å²) in [7, 11) is 1.36. The van der Waals surface area contributed by atoms with Gasteiger partial charge in [0.05, 0.1) is 7.11 Å². The molecule has 1 aliphatic rings. The van der Waals surface area contributed by atoms with Crippen LogP contribution in [0.2, 0.25) is 0 Å². The molecule has 0 saturated carbocycles. The van der Waals surface area contributed by atoms with Crippen LogP contribution in [0.1, 0.15) is 41.6 Å². The van der Waals surface area contributed by atoms with E-state index in [-0.39, 0.29) is 6.10 Å². The molecule has 0 unspecified atom stereocenters. The summed E-state index contributed by atoms with van der Waals surface area (Å²) in [6.45, 7) is 6.68. The minimum absolute atomic E-state index is 0.215. The van der Waals surface area contributed by atoms with Gasteiger partial charge in [0.25, 0.3) is 0 Å². The Morgan fingerprint density at radius 2 is 2.00 bits per heavy atom. The second-order valence-corrected chi connectivity index (χ2v) is 6.96. The number of piperidine rings is 1. The summed E-state index contributed by atoms with van der Waals surface area (Å²) >= 11 is 0. The van der Waals surface area contributed by atoms with E-state index in [9.17, 15) is 4.79 Å². The molecular weight excluding hydrogens is 370 g/mol. The van der Waals surface area contributed by atoms with Crippen LogP contribution in [0.3, 0.4) is 0 Å². The number of benzene rings is 1. The number of methoxy groups -OCH3 is 1. The SMILES string of the molecule is CCNC(=NCc1cc(C(=O)OC)c(C)o1)N1CCC(Oc2ccccc2)CC1. The van der Waals surface area contributed by atoms with Crippen molar-refractivity contribution in [2.75, 3.05) is 26.7 Å². The first kappa shape index (κ1) is 20.8. The Hall–Kier alpha value is -2.96. The molecule has 0 radical (unpaired) electrons. The fourth-order valence-corrected chi connectivity index (χ4v) is 3.39. The lowest BCUT2D eigenvalue weighted by atomic mass is 10.1. The van der Waals surface area contributed by atoms with Gasteiger partial charge >= 0.3 is 5.97 Å². The van der Waals surface area contributed by atoms with Crippen LogP contribution in [-0.4, -0.2) is 49.7 Å². The summed E-state index contributed by atoms with van der Waals surface area (Å²) in [6.07, 6.45) is 2.09. The fourth-order valence-electron chi connectivity index (χ4n) is 3.39. The summed E-state index contributed by atoms with van der Waals surface area (Å²) in [4.78, 5) is 18.7. The molecule has 1 aliphatic heterocycles. The molecule has 29 heavy (non-hydrogen) atoms. The minimum Gasteiger partial charge on any atom is -0.490 e. The Balaban J connectivity index is 1.59. The number of hydrogen-bond donors (Lipinski definition) is 1. The maximum Gasteiger partial charge on any atom is 0.341 e. The first-order chi connectivity index (χ1) is 14.1. The third kappa shape index (κ3) is 5.53. The van der Waals surface area contributed by atoms with E-state index in [1.54, 1.807) is 13.0 Å². The molecule has 1 saturated heterocycles. The highest BCUT2D eigenvalue weighted by atomic mass is 16.5. The van der Waals surface area contributed by atoms with E-state index in [4.69, 9.17) is 18.9 Å². The second kappa shape index (κ2) is 10.0. The lowest BCUT2D eigenvalue weighted by molar-refractivity contribution is 0.0598. The number of nitrogens with one attached hydrogen (secondary N) is 1. The number of esters is 1. The Kier molecular flexibility index (Phi) is 7.16. The van der Waals surface area contributed by atoms with E-state index in [0.717, 1.165) is 44.2 Å². The molecular formula is C22H29N3O4. The van der Waals surface area contributed by atoms with Gasteiger partial charge in [-0.1, -0.05) is 18.2 Å². The predicted octanol–water partition coefficient (Wildman–Crippen LogP) is 3.38. The van der Waals surface area contributed by atoms with Gasteiger partial charge in [-0.15, -0.1) is 0 Å². The molecule has 0 aliphatic carbocycles. The molecule has 1 aromatic heterocycles. The third-order valence-electron chi connectivity index (χ3n) is 4.88. The molecule has 0 spiro atoms. The van der Waals surface area contributed by atoms with Gasteiger partial charge in [0.2, 0.25) is 0 Å². The number of nitrogens with zero attached hydrogens (tertiary/aromatic N) is 2. The number of para-hydroxylation sites is 1. The predicted molar refractivity (Wildman–Crippen MR) is 111 cm³/mol. The number of aryl methyl sites for hydroxylation is 1. The van der Waals surface area contributed by atoms with Crippen molar-refractivity contribution >= 4 is 11.9 Å². The number of carbonyl (C=O) groups is 1. The van der Waals surface area contributed by atoms with Crippen LogP contribution < -0.4 is 10.1 Å². The zero-order chi connectivity index (χ0) is 20.6. The van der Waals surface area contributed by atoms with E-state index in [0.29, 0.717) is 23.6 Å². The minimum atomic E-state index is -0.395. The highest BCUT2D eigenvalue weighted by molar-refractivity contribution is 5.90. The van der Waals surface area contributed by atoms with Crippen molar-refractivity contribution in [2.24, 2.45) is 4.99 Å². The van der Waals surface area contributed by atoms with Crippen LogP contribution in [0, 0.1) is 6.92 Å². The number of hydrogen-bond acceptors (Lipinski definition) is 5. The van der Waals surface area contributed by atoms with Crippen molar-refractivity contribution in [1.82, 2.24) is 10.2 Å². The van der Waals surface area contributed by atoms with Gasteiger partial charge < -0.3 is 24.1 Å². The summed E-state index contributed by atoms with van der Waals surface area (Å²) < 4.78 is 16.5. The van der Waals surface area contributed by atoms with Gasteiger partial charge in [-0.25, -0.2) is 9.79 Å². The standard InChI is InChI=1S/C22H29N3O4/c1-4-23-22(24-15-19-14-20(16(2)28-19)21(26)27-3)25-12-10-18(11-13-25)29-17-8-6-5-7-9-17/h5-9,14,18H,4,10-13,15H2,1-3H3,(H,23,24). The first-order valence-corrected chi connectivity index (χ1v) is 10.0. The largest absolute Gasteiger partial charge is 0.490 e. The Morgan fingerprint density at radius 1 is 1.28 bits per heavy atom. The van der Waals surface area contributed by atoms with E-state index >= 15 is 0 Å². The lowest BCUT2D eigenvalue weighted by Gasteiger charge is -2.34. The molecule has 0 amide bonds. The van der Waals surface area contributed by atoms with Crippen molar-refractivity contribution in [1.29, 1.82) is 0 Å². The Morgan fingerprint density at radius 3 is 2.66 bits per heavy atom. The first-order valence-electron chi connectivity index (χ1n) is 10.0. The van der Waals surface area contributed by atoms with Gasteiger partial charge in [0.1, 0.15) is 35.5 Å². The molecule has 7 heteroatoms. The summed E-state index contributed by atoms with van der Waals surface area (Å²) in [5.41, 5.74) is 0.446. The van der Waals surface area contributed by atoms with Crippen LogP contribution in [0.15, 0.2) is 45.8 Å². The molecule has 0 bridgehead atoms.